The number of fused-ring (bicyclic) bond motifs is 1. The van der Waals surface area contributed by atoms with Gasteiger partial charge in [-0.05, 0) is 36.6 Å². The summed E-state index contributed by atoms with van der Waals surface area (Å²) >= 11 is 7.85. The summed E-state index contributed by atoms with van der Waals surface area (Å²) in [6.45, 7) is -0.304. The lowest BCUT2D eigenvalue weighted by molar-refractivity contribution is -0.143. The molecule has 0 aliphatic heterocycles. The first kappa shape index (κ1) is 21.0. The van der Waals surface area contributed by atoms with Gasteiger partial charge in [-0.3, -0.25) is 9.59 Å². The number of pyridine rings is 1. The highest BCUT2D eigenvalue weighted by molar-refractivity contribution is 7.98. The fourth-order valence-electron chi connectivity index (χ4n) is 2.68. The van der Waals surface area contributed by atoms with Crippen molar-refractivity contribution >= 4 is 46.1 Å². The first-order valence-corrected chi connectivity index (χ1v) is 10.3. The number of thioether (sulfide) groups is 1. The lowest BCUT2D eigenvalue weighted by atomic mass is 10.2. The number of methoxy groups -OCH3 is 1. The van der Waals surface area contributed by atoms with Crippen LogP contribution < -0.4 is 10.1 Å². The monoisotopic (exact) mass is 430 g/mol. The average molecular weight is 431 g/mol. The third-order valence-corrected chi connectivity index (χ3v) is 5.24. The maximum atomic E-state index is 12.2. The van der Waals surface area contributed by atoms with Crippen LogP contribution in [-0.2, 0) is 16.1 Å². The number of aromatic nitrogens is 1. The normalized spacial score (nSPS) is 10.6. The Morgan fingerprint density at radius 1 is 1.17 bits per heavy atom. The summed E-state index contributed by atoms with van der Waals surface area (Å²) in [4.78, 5) is 29.7. The number of para-hydroxylation sites is 1. The van der Waals surface area contributed by atoms with E-state index < -0.39 is 11.9 Å². The van der Waals surface area contributed by atoms with Gasteiger partial charge < -0.3 is 14.8 Å². The molecule has 6 nitrogen and oxygen atoms in total. The van der Waals surface area contributed by atoms with Gasteiger partial charge in [-0.2, -0.15) is 0 Å². The molecule has 1 amide bonds. The molecule has 0 unspecified atom stereocenters. The van der Waals surface area contributed by atoms with Crippen LogP contribution in [0.5, 0.6) is 5.75 Å². The van der Waals surface area contributed by atoms with E-state index in [1.807, 2.05) is 30.5 Å². The second-order valence-corrected chi connectivity index (χ2v) is 7.28. The molecular weight excluding hydrogens is 412 g/mol. The van der Waals surface area contributed by atoms with Crippen molar-refractivity contribution < 1.29 is 19.1 Å². The molecule has 1 aromatic heterocycles. The van der Waals surface area contributed by atoms with Gasteiger partial charge in [0.15, 0.2) is 0 Å². The van der Waals surface area contributed by atoms with Crippen LogP contribution in [-0.4, -0.2) is 36.8 Å². The van der Waals surface area contributed by atoms with Crippen LogP contribution in [0.3, 0.4) is 0 Å². The Bertz CT molecular complexity index is 1060. The van der Waals surface area contributed by atoms with E-state index in [-0.39, 0.29) is 18.3 Å². The molecule has 0 aliphatic carbocycles. The van der Waals surface area contributed by atoms with Gasteiger partial charge in [0.05, 0.1) is 18.2 Å². The van der Waals surface area contributed by atoms with Crippen molar-refractivity contribution in [2.75, 3.05) is 19.9 Å². The zero-order valence-corrected chi connectivity index (χ0v) is 17.5. The van der Waals surface area contributed by atoms with Crippen molar-refractivity contribution in [2.45, 2.75) is 11.5 Å². The molecule has 8 heteroatoms. The number of nitrogens with zero attached hydrogens (tertiary/aromatic N) is 1. The third kappa shape index (κ3) is 5.19. The van der Waals surface area contributed by atoms with Crippen molar-refractivity contribution in [2.24, 2.45) is 0 Å². The first-order chi connectivity index (χ1) is 14.0. The Labute approximate surface area is 177 Å². The van der Waals surface area contributed by atoms with Gasteiger partial charge in [0.2, 0.25) is 0 Å². The molecule has 0 saturated heterocycles. The van der Waals surface area contributed by atoms with Gasteiger partial charge in [-0.15, -0.1) is 11.8 Å². The zero-order chi connectivity index (χ0) is 20.8. The summed E-state index contributed by atoms with van der Waals surface area (Å²) in [6, 6.07) is 14.5. The van der Waals surface area contributed by atoms with Crippen LogP contribution in [0.25, 0.3) is 10.9 Å². The van der Waals surface area contributed by atoms with Crippen molar-refractivity contribution in [3.63, 3.8) is 0 Å². The number of ether oxygens (including phenoxy) is 2. The Balaban J connectivity index is 1.59. The third-order valence-electron chi connectivity index (χ3n) is 4.18. The molecule has 0 spiro atoms. The number of esters is 1. The minimum Gasteiger partial charge on any atom is -0.496 e. The lowest BCUT2D eigenvalue weighted by Crippen LogP contribution is -2.30. The minimum atomic E-state index is -0.581. The maximum absolute atomic E-state index is 12.2. The quantitative estimate of drug-likeness (QED) is 0.345. The fourth-order valence-corrected chi connectivity index (χ4v) is 3.32. The minimum absolute atomic E-state index is 0.0323. The highest BCUT2D eigenvalue weighted by Gasteiger charge is 2.14. The molecule has 3 rings (SSSR count). The lowest BCUT2D eigenvalue weighted by Gasteiger charge is -2.10. The molecule has 2 aromatic carbocycles. The second-order valence-electron chi connectivity index (χ2n) is 6.04. The molecule has 3 aromatic rings. The number of hydrogen-bond donors (Lipinski definition) is 1. The van der Waals surface area contributed by atoms with Gasteiger partial charge in [0, 0.05) is 15.8 Å². The summed E-state index contributed by atoms with van der Waals surface area (Å²) in [7, 11) is 1.48. The highest BCUT2D eigenvalue weighted by Crippen LogP contribution is 2.25. The van der Waals surface area contributed by atoms with Crippen LogP contribution >= 0.6 is 23.4 Å². The number of amides is 1. The number of hydrogen-bond acceptors (Lipinski definition) is 6. The largest absolute Gasteiger partial charge is 0.496 e. The predicted molar refractivity (Wildman–Crippen MR) is 114 cm³/mol. The highest BCUT2D eigenvalue weighted by atomic mass is 35.5. The van der Waals surface area contributed by atoms with Crippen molar-refractivity contribution in [3.8, 4) is 5.75 Å². The number of nitrogens with one attached hydrogen (secondary N) is 1. The van der Waals surface area contributed by atoms with Gasteiger partial charge in [0.1, 0.15) is 24.1 Å². The first-order valence-electron chi connectivity index (χ1n) is 8.72. The van der Waals surface area contributed by atoms with Crippen molar-refractivity contribution in [1.29, 1.82) is 0 Å². The molecule has 0 bridgehead atoms. The number of halogens is 1. The van der Waals surface area contributed by atoms with E-state index in [0.717, 1.165) is 15.8 Å². The van der Waals surface area contributed by atoms with Crippen LogP contribution in [0, 0.1) is 0 Å². The molecular formula is C21H19ClN2O4S. The summed E-state index contributed by atoms with van der Waals surface area (Å²) in [5, 5.41) is 3.71. The van der Waals surface area contributed by atoms with E-state index in [4.69, 9.17) is 21.1 Å². The number of rotatable bonds is 7. The van der Waals surface area contributed by atoms with Crippen molar-refractivity contribution in [1.82, 2.24) is 10.3 Å². The molecule has 1 N–H and O–H groups in total. The number of carbonyl (C=O) groups excluding carboxylic acids is 2. The van der Waals surface area contributed by atoms with E-state index in [9.17, 15) is 9.59 Å². The average Bonchev–Trinajstić information content (AvgIpc) is 2.75. The SMILES string of the molecule is COc1ccccc1C(=O)NCC(=O)OCc1cc2ccc(SC)cc2nc1Cl. The molecule has 1 heterocycles. The number of carbonyl (C=O) groups is 2. The Morgan fingerprint density at radius 3 is 2.72 bits per heavy atom. The molecule has 0 aliphatic rings. The summed E-state index contributed by atoms with van der Waals surface area (Å²) in [5.41, 5.74) is 1.72. The van der Waals surface area contributed by atoms with Crippen LogP contribution in [0.2, 0.25) is 5.15 Å². The molecule has 29 heavy (non-hydrogen) atoms. The smallest absolute Gasteiger partial charge is 0.325 e. The van der Waals surface area contributed by atoms with Gasteiger partial charge in [-0.25, -0.2) is 4.98 Å². The Morgan fingerprint density at radius 2 is 1.97 bits per heavy atom. The molecule has 0 atom stereocenters. The molecule has 0 fully saturated rings. The van der Waals surface area contributed by atoms with Gasteiger partial charge in [0.25, 0.3) is 5.91 Å². The van der Waals surface area contributed by atoms with Gasteiger partial charge in [-0.1, -0.05) is 29.8 Å². The maximum Gasteiger partial charge on any atom is 0.325 e. The van der Waals surface area contributed by atoms with Crippen LogP contribution in [0.4, 0.5) is 0 Å². The fraction of sp³-hybridized carbons (Fsp3) is 0.190. The van der Waals surface area contributed by atoms with E-state index in [2.05, 4.69) is 10.3 Å². The summed E-state index contributed by atoms with van der Waals surface area (Å²) < 4.78 is 10.4. The molecule has 0 radical (unpaired) electrons. The molecule has 150 valence electrons. The van der Waals surface area contributed by atoms with E-state index in [1.165, 1.54) is 7.11 Å². The Hall–Kier alpha value is -2.77. The zero-order valence-electron chi connectivity index (χ0n) is 15.9. The standard InChI is InChI=1S/C21H19ClN2O4S/c1-27-18-6-4-3-5-16(18)21(26)23-11-19(25)28-12-14-9-13-7-8-15(29-2)10-17(13)24-20(14)22/h3-10H,11-12H2,1-2H3,(H,23,26). The van der Waals surface area contributed by atoms with E-state index in [1.54, 1.807) is 36.0 Å². The predicted octanol–water partition coefficient (Wildman–Crippen LogP) is 4.09. The van der Waals surface area contributed by atoms with Crippen LogP contribution in [0.1, 0.15) is 15.9 Å². The number of benzene rings is 2. The van der Waals surface area contributed by atoms with Crippen LogP contribution in [0.15, 0.2) is 53.4 Å². The van der Waals surface area contributed by atoms with Gasteiger partial charge >= 0.3 is 5.97 Å². The van der Waals surface area contributed by atoms with E-state index >= 15 is 0 Å². The topological polar surface area (TPSA) is 77.5 Å². The summed E-state index contributed by atoms with van der Waals surface area (Å²) in [6.07, 6.45) is 1.99. The molecule has 0 saturated carbocycles. The second kappa shape index (κ2) is 9.62. The summed E-state index contributed by atoms with van der Waals surface area (Å²) in [5.74, 6) is -0.575. The Kier molecular flexibility index (Phi) is 6.95. The van der Waals surface area contributed by atoms with Crippen molar-refractivity contribution in [3.05, 3.63) is 64.8 Å². The van der Waals surface area contributed by atoms with E-state index in [0.29, 0.717) is 16.9 Å².